The summed E-state index contributed by atoms with van der Waals surface area (Å²) in [4.78, 5) is 32.0. The molecular formula is C23H21N3O4. The number of carbonyl (C=O) groups is 2. The molecule has 1 aromatic heterocycles. The number of carboxylic acid groups (broad SMARTS) is 1. The second-order valence-electron chi connectivity index (χ2n) is 7.45. The zero-order valence-corrected chi connectivity index (χ0v) is 16.4. The van der Waals surface area contributed by atoms with Gasteiger partial charge in [0.15, 0.2) is 0 Å². The predicted octanol–water partition coefficient (Wildman–Crippen LogP) is 3.71. The van der Waals surface area contributed by atoms with Crippen molar-refractivity contribution < 1.29 is 19.4 Å². The van der Waals surface area contributed by atoms with Crippen LogP contribution >= 0.6 is 0 Å². The third-order valence-corrected chi connectivity index (χ3v) is 5.37. The molecule has 7 nitrogen and oxygen atoms in total. The van der Waals surface area contributed by atoms with Gasteiger partial charge in [-0.2, -0.15) is 0 Å². The van der Waals surface area contributed by atoms with Crippen LogP contribution in [0.2, 0.25) is 0 Å². The van der Waals surface area contributed by atoms with E-state index in [9.17, 15) is 14.7 Å². The highest BCUT2D eigenvalue weighted by molar-refractivity contribution is 5.79. The molecule has 1 heterocycles. The minimum absolute atomic E-state index is 0.0760. The van der Waals surface area contributed by atoms with Gasteiger partial charge in [-0.05, 0) is 35.2 Å². The van der Waals surface area contributed by atoms with Gasteiger partial charge in [-0.3, -0.25) is 4.79 Å². The maximum Gasteiger partial charge on any atom is 0.407 e. The Morgan fingerprint density at radius 3 is 2.27 bits per heavy atom. The summed E-state index contributed by atoms with van der Waals surface area (Å²) in [6.07, 6.45) is 1.78. The van der Waals surface area contributed by atoms with Gasteiger partial charge in [0, 0.05) is 12.1 Å². The molecule has 1 aliphatic rings. The first-order chi connectivity index (χ1) is 14.5. The summed E-state index contributed by atoms with van der Waals surface area (Å²) in [5.41, 5.74) is 3.66. The van der Waals surface area contributed by atoms with E-state index < -0.39 is 17.6 Å². The molecule has 3 aromatic rings. The van der Waals surface area contributed by atoms with Crippen LogP contribution in [0, 0.1) is 0 Å². The number of rotatable bonds is 6. The van der Waals surface area contributed by atoms with Crippen molar-refractivity contribution in [3.63, 3.8) is 0 Å². The molecule has 1 unspecified atom stereocenters. The van der Waals surface area contributed by atoms with Crippen molar-refractivity contribution in [2.75, 3.05) is 6.61 Å². The minimum atomic E-state index is -1.22. The average molecular weight is 403 g/mol. The molecule has 0 spiro atoms. The van der Waals surface area contributed by atoms with E-state index >= 15 is 0 Å². The molecule has 1 amide bonds. The average Bonchev–Trinajstić information content (AvgIpc) is 3.06. The normalized spacial score (nSPS) is 14.3. The Balaban J connectivity index is 1.51. The van der Waals surface area contributed by atoms with Crippen LogP contribution < -0.4 is 5.32 Å². The fraction of sp³-hybridized carbons (Fsp3) is 0.217. The molecule has 2 aromatic carbocycles. The van der Waals surface area contributed by atoms with Gasteiger partial charge in [0.25, 0.3) is 0 Å². The molecule has 152 valence electrons. The molecule has 0 radical (unpaired) electrons. The lowest BCUT2D eigenvalue weighted by molar-refractivity contribution is -0.138. The number of amides is 1. The molecule has 1 atom stereocenters. The number of fused-ring (bicyclic) bond motifs is 3. The molecule has 0 fully saturated rings. The lowest BCUT2D eigenvalue weighted by atomic mass is 9.93. The Morgan fingerprint density at radius 2 is 1.70 bits per heavy atom. The highest BCUT2D eigenvalue weighted by atomic mass is 16.5. The maximum absolute atomic E-state index is 12.6. The van der Waals surface area contributed by atoms with E-state index in [4.69, 9.17) is 4.74 Å². The minimum Gasteiger partial charge on any atom is -0.481 e. The number of aromatic nitrogens is 2. The summed E-state index contributed by atoms with van der Waals surface area (Å²) in [6.45, 7) is 1.75. The topological polar surface area (TPSA) is 101 Å². The van der Waals surface area contributed by atoms with Crippen LogP contribution in [-0.4, -0.2) is 33.7 Å². The summed E-state index contributed by atoms with van der Waals surface area (Å²) in [7, 11) is 0. The van der Waals surface area contributed by atoms with Crippen LogP contribution in [0.4, 0.5) is 4.79 Å². The first-order valence-electron chi connectivity index (χ1n) is 9.59. The standard InChI is InChI=1S/C23H21N3O4/c1-23(12-21(27)28,20-10-11-24-14-25-20)26-22(29)30-13-19-17-8-4-2-6-15(17)16-7-3-5-9-18(16)19/h2-11,14,19H,12-13H2,1H3,(H,26,29)(H,27,28). The number of ether oxygens (including phenoxy) is 1. The van der Waals surface area contributed by atoms with Gasteiger partial charge in [0.05, 0.1) is 17.7 Å². The van der Waals surface area contributed by atoms with Gasteiger partial charge in [0.1, 0.15) is 12.9 Å². The first-order valence-corrected chi connectivity index (χ1v) is 9.59. The largest absolute Gasteiger partial charge is 0.481 e. The lowest BCUT2D eigenvalue weighted by Gasteiger charge is -2.28. The second kappa shape index (κ2) is 7.94. The van der Waals surface area contributed by atoms with Crippen molar-refractivity contribution in [1.82, 2.24) is 15.3 Å². The molecule has 0 saturated heterocycles. The summed E-state index contributed by atoms with van der Waals surface area (Å²) in [5.74, 6) is -1.14. The van der Waals surface area contributed by atoms with E-state index in [-0.39, 0.29) is 18.9 Å². The quantitative estimate of drug-likeness (QED) is 0.651. The van der Waals surface area contributed by atoms with Crippen molar-refractivity contribution in [3.05, 3.63) is 83.9 Å². The van der Waals surface area contributed by atoms with Gasteiger partial charge in [-0.1, -0.05) is 48.5 Å². The molecule has 0 saturated carbocycles. The molecule has 2 N–H and O–H groups in total. The van der Waals surface area contributed by atoms with Crippen molar-refractivity contribution in [2.24, 2.45) is 0 Å². The van der Waals surface area contributed by atoms with E-state index in [0.29, 0.717) is 5.69 Å². The molecule has 30 heavy (non-hydrogen) atoms. The van der Waals surface area contributed by atoms with E-state index in [2.05, 4.69) is 27.4 Å². The lowest BCUT2D eigenvalue weighted by Crippen LogP contribution is -2.46. The summed E-state index contributed by atoms with van der Waals surface area (Å²) < 4.78 is 5.55. The molecule has 0 aliphatic heterocycles. The molecular weight excluding hydrogens is 382 g/mol. The Morgan fingerprint density at radius 1 is 1.07 bits per heavy atom. The fourth-order valence-corrected chi connectivity index (χ4v) is 3.98. The van der Waals surface area contributed by atoms with Crippen LogP contribution in [0.25, 0.3) is 11.1 Å². The Kier molecular flexibility index (Phi) is 5.18. The molecule has 4 rings (SSSR count). The summed E-state index contributed by atoms with van der Waals surface area (Å²) in [6, 6.07) is 17.7. The monoisotopic (exact) mass is 403 g/mol. The van der Waals surface area contributed by atoms with Gasteiger partial charge >= 0.3 is 12.1 Å². The van der Waals surface area contributed by atoms with E-state index in [1.54, 1.807) is 13.0 Å². The van der Waals surface area contributed by atoms with Crippen molar-refractivity contribution in [2.45, 2.75) is 24.8 Å². The van der Waals surface area contributed by atoms with E-state index in [1.165, 1.54) is 12.5 Å². The first kappa shape index (κ1) is 19.6. The third-order valence-electron chi connectivity index (χ3n) is 5.37. The third kappa shape index (κ3) is 3.74. The highest BCUT2D eigenvalue weighted by Crippen LogP contribution is 2.44. The number of benzene rings is 2. The Labute approximate surface area is 173 Å². The van der Waals surface area contributed by atoms with E-state index in [1.807, 2.05) is 36.4 Å². The molecule has 7 heteroatoms. The number of hydrogen-bond donors (Lipinski definition) is 2. The number of nitrogens with zero attached hydrogens (tertiary/aromatic N) is 2. The maximum atomic E-state index is 12.6. The van der Waals surface area contributed by atoms with Crippen LogP contribution in [0.3, 0.4) is 0 Å². The second-order valence-corrected chi connectivity index (χ2v) is 7.45. The van der Waals surface area contributed by atoms with Gasteiger partial charge in [0.2, 0.25) is 0 Å². The van der Waals surface area contributed by atoms with Crippen molar-refractivity contribution in [1.29, 1.82) is 0 Å². The number of carbonyl (C=O) groups excluding carboxylic acids is 1. The number of nitrogens with one attached hydrogen (secondary N) is 1. The van der Waals surface area contributed by atoms with Crippen LogP contribution in [-0.2, 0) is 15.1 Å². The van der Waals surface area contributed by atoms with Gasteiger partial charge in [-0.25, -0.2) is 14.8 Å². The number of aliphatic carboxylic acids is 1. The van der Waals surface area contributed by atoms with Crippen molar-refractivity contribution in [3.8, 4) is 11.1 Å². The van der Waals surface area contributed by atoms with Gasteiger partial charge in [-0.15, -0.1) is 0 Å². The Bertz CT molecular complexity index is 1040. The van der Waals surface area contributed by atoms with Crippen LogP contribution in [0.1, 0.15) is 36.1 Å². The molecule has 0 bridgehead atoms. The zero-order chi connectivity index (χ0) is 21.1. The predicted molar refractivity (Wildman–Crippen MR) is 110 cm³/mol. The smallest absolute Gasteiger partial charge is 0.407 e. The SMILES string of the molecule is CC(CC(=O)O)(NC(=O)OCC1c2ccccc2-c2ccccc21)c1ccncn1. The van der Waals surface area contributed by atoms with Crippen LogP contribution in [0.15, 0.2) is 67.1 Å². The fourth-order valence-electron chi connectivity index (χ4n) is 3.98. The number of carboxylic acids is 1. The highest BCUT2D eigenvalue weighted by Gasteiger charge is 2.34. The zero-order valence-electron chi connectivity index (χ0n) is 16.4. The summed E-state index contributed by atoms with van der Waals surface area (Å²) >= 11 is 0. The number of hydrogen-bond acceptors (Lipinski definition) is 5. The number of alkyl carbamates (subject to hydrolysis) is 1. The Hall–Kier alpha value is -3.74. The van der Waals surface area contributed by atoms with Gasteiger partial charge < -0.3 is 15.2 Å². The van der Waals surface area contributed by atoms with Crippen LogP contribution in [0.5, 0.6) is 0 Å². The molecule has 1 aliphatic carbocycles. The summed E-state index contributed by atoms with van der Waals surface area (Å²) in [5, 5.41) is 12.0. The van der Waals surface area contributed by atoms with E-state index in [0.717, 1.165) is 22.3 Å². The van der Waals surface area contributed by atoms with Crippen molar-refractivity contribution >= 4 is 12.1 Å².